The predicted octanol–water partition coefficient (Wildman–Crippen LogP) is 6.61. The van der Waals surface area contributed by atoms with Crippen LogP contribution in [0.1, 0.15) is 79.2 Å². The number of carbonyl (C=O) groups is 2. The SMILES string of the molecule is CN(C)C(=O)C(CCN1CCC(O)(c2ccc(Cl)cc2)CC1)(c1ccccc1)c1ccccc1.O=C1CC[C@@]2(O)[C@H]3Cc4ccc(O)c5c4[C@@]2(CCN3CC2CC2)[C@H]1O5. The second-order valence-corrected chi connectivity index (χ2v) is 18.6. The van der Waals surface area contributed by atoms with Crippen molar-refractivity contribution in [2.45, 2.75) is 92.0 Å². The first-order chi connectivity index (χ1) is 28.4. The molecule has 4 aromatic carbocycles. The Morgan fingerprint density at radius 3 is 2.12 bits per heavy atom. The molecule has 9 nitrogen and oxygen atoms in total. The summed E-state index contributed by atoms with van der Waals surface area (Å²) >= 11 is 6.03. The summed E-state index contributed by atoms with van der Waals surface area (Å²) in [5.41, 5.74) is 1.79. The highest BCUT2D eigenvalue weighted by Crippen LogP contribution is 2.65. The number of ether oxygens (including phenoxy) is 1. The number of piperidine rings is 2. The summed E-state index contributed by atoms with van der Waals surface area (Å²) in [6.45, 7) is 4.26. The molecule has 2 saturated carbocycles. The van der Waals surface area contributed by atoms with E-state index in [0.29, 0.717) is 42.9 Å². The highest BCUT2D eigenvalue weighted by Gasteiger charge is 2.73. The highest BCUT2D eigenvalue weighted by molar-refractivity contribution is 6.30. The third-order valence-corrected chi connectivity index (χ3v) is 15.0. The molecule has 2 bridgehead atoms. The Labute approximate surface area is 352 Å². The topological polar surface area (TPSA) is 114 Å². The standard InChI is InChI=1S/C29H33ClN2O2.C20H23NO4/c1-31(2)27(33)29(24-9-5-3-6-10-24,25-11-7-4-8-12-25)19-22-32-20-17-28(34,18-21-32)23-13-15-26(30)16-14-23;22-13-4-3-12-9-15-20(24)6-5-14(23)18-19(20,16(12)17(13)25-18)7-8-21(15)10-11-1-2-11/h3-16,34H,17-22H2,1-2H3;3-4,11,15,18,22,24H,1-2,5-10H2/t;15-,18+,19+,20-/m.1/s1. The van der Waals surface area contributed by atoms with Crippen LogP contribution in [0, 0.1) is 5.92 Å². The van der Waals surface area contributed by atoms with Crippen molar-refractivity contribution in [3.05, 3.63) is 130 Å². The number of rotatable bonds is 9. The number of halogens is 1. The predicted molar refractivity (Wildman–Crippen MR) is 228 cm³/mol. The molecule has 4 atom stereocenters. The molecule has 3 aliphatic heterocycles. The van der Waals surface area contributed by atoms with E-state index >= 15 is 0 Å². The number of hydrogen-bond acceptors (Lipinski definition) is 8. The van der Waals surface area contributed by atoms with Crippen LogP contribution in [0.2, 0.25) is 5.02 Å². The average Bonchev–Trinajstić information content (AvgIpc) is 4.00. The number of phenolic OH excluding ortho intramolecular Hbond substituents is 1. The Hall–Kier alpha value is -4.25. The summed E-state index contributed by atoms with van der Waals surface area (Å²) in [6, 6.07) is 31.4. The van der Waals surface area contributed by atoms with Crippen LogP contribution in [0.5, 0.6) is 11.5 Å². The van der Waals surface area contributed by atoms with E-state index in [2.05, 4.69) is 34.1 Å². The molecule has 2 saturated heterocycles. The number of carbonyl (C=O) groups excluding carboxylic acids is 2. The first-order valence-corrected chi connectivity index (χ1v) is 21.8. The van der Waals surface area contributed by atoms with Gasteiger partial charge in [-0.2, -0.15) is 0 Å². The molecule has 310 valence electrons. The maximum Gasteiger partial charge on any atom is 0.237 e. The fourth-order valence-electron chi connectivity index (χ4n) is 11.4. The van der Waals surface area contributed by atoms with Crippen molar-refractivity contribution < 1.29 is 29.6 Å². The first-order valence-electron chi connectivity index (χ1n) is 21.4. The van der Waals surface area contributed by atoms with Crippen molar-refractivity contribution in [1.29, 1.82) is 0 Å². The minimum Gasteiger partial charge on any atom is -0.504 e. The van der Waals surface area contributed by atoms with Crippen LogP contribution in [0.15, 0.2) is 97.1 Å². The fraction of sp³-hybridized carbons (Fsp3) is 0.469. The van der Waals surface area contributed by atoms with Gasteiger partial charge in [0.25, 0.3) is 0 Å². The Morgan fingerprint density at radius 1 is 0.864 bits per heavy atom. The smallest absolute Gasteiger partial charge is 0.237 e. The number of aliphatic hydroxyl groups is 2. The number of nitrogens with zero attached hydrogens (tertiary/aromatic N) is 3. The van der Waals surface area contributed by atoms with Crippen LogP contribution in [0.25, 0.3) is 0 Å². The van der Waals surface area contributed by atoms with Crippen molar-refractivity contribution in [1.82, 2.24) is 14.7 Å². The monoisotopic (exact) mass is 817 g/mol. The maximum absolute atomic E-state index is 13.8. The van der Waals surface area contributed by atoms with Crippen molar-refractivity contribution in [2.24, 2.45) is 5.92 Å². The number of phenols is 1. The largest absolute Gasteiger partial charge is 0.504 e. The third kappa shape index (κ3) is 6.68. The number of benzene rings is 4. The van der Waals surface area contributed by atoms with Gasteiger partial charge in [-0.1, -0.05) is 90.5 Å². The third-order valence-electron chi connectivity index (χ3n) is 14.7. The second kappa shape index (κ2) is 15.3. The van der Waals surface area contributed by atoms with Crippen molar-refractivity contribution in [3.8, 4) is 11.5 Å². The van der Waals surface area contributed by atoms with Crippen molar-refractivity contribution >= 4 is 23.3 Å². The summed E-state index contributed by atoms with van der Waals surface area (Å²) in [4.78, 5) is 33.1. The number of Topliss-reactive ketones (excluding diaryl/α,β-unsaturated/α-hetero) is 1. The van der Waals surface area contributed by atoms with Gasteiger partial charge in [-0.25, -0.2) is 0 Å². The molecule has 1 amide bonds. The number of likely N-dealkylation sites (N-methyl/N-ethyl adjacent to an activating group) is 1. The van der Waals surface area contributed by atoms with Gasteiger partial charge in [0.1, 0.15) is 5.41 Å². The second-order valence-electron chi connectivity index (χ2n) is 18.2. The van der Waals surface area contributed by atoms with E-state index < -0.39 is 28.1 Å². The summed E-state index contributed by atoms with van der Waals surface area (Å²) in [5.74, 6) is 1.47. The van der Waals surface area contributed by atoms with E-state index in [1.54, 1.807) is 11.0 Å². The molecule has 10 heteroatoms. The minimum absolute atomic E-state index is 0.0454. The normalized spacial score (nSPS) is 26.9. The molecule has 4 fully saturated rings. The van der Waals surface area contributed by atoms with Crippen LogP contribution in [0.4, 0.5) is 0 Å². The van der Waals surface area contributed by atoms with Gasteiger partial charge in [0.15, 0.2) is 23.4 Å². The zero-order valence-corrected chi connectivity index (χ0v) is 34.9. The summed E-state index contributed by atoms with van der Waals surface area (Å²) in [7, 11) is 3.66. The van der Waals surface area contributed by atoms with E-state index in [-0.39, 0.29) is 23.5 Å². The van der Waals surface area contributed by atoms with Gasteiger partial charge in [-0.05, 0) is 111 Å². The summed E-state index contributed by atoms with van der Waals surface area (Å²) < 4.78 is 6.04. The van der Waals surface area contributed by atoms with Gasteiger partial charge in [0, 0.05) is 56.8 Å². The highest BCUT2D eigenvalue weighted by atomic mass is 35.5. The van der Waals surface area contributed by atoms with Crippen LogP contribution in [0.3, 0.4) is 0 Å². The van der Waals surface area contributed by atoms with Gasteiger partial charge in [0.2, 0.25) is 5.91 Å². The molecule has 3 N–H and O–H groups in total. The van der Waals surface area contributed by atoms with E-state index in [1.165, 1.54) is 12.8 Å². The van der Waals surface area contributed by atoms with E-state index in [0.717, 1.165) is 79.3 Å². The minimum atomic E-state index is -0.940. The zero-order chi connectivity index (χ0) is 41.2. The fourth-order valence-corrected chi connectivity index (χ4v) is 11.5. The van der Waals surface area contributed by atoms with Gasteiger partial charge in [0.05, 0.1) is 16.6 Å². The molecule has 3 heterocycles. The lowest BCUT2D eigenvalue weighted by Gasteiger charge is -2.62. The summed E-state index contributed by atoms with van der Waals surface area (Å²) in [6.07, 6.45) is 6.30. The molecule has 10 rings (SSSR count). The number of ketones is 1. The molecule has 6 aliphatic rings. The molecule has 0 aromatic heterocycles. The molecule has 59 heavy (non-hydrogen) atoms. The van der Waals surface area contributed by atoms with Gasteiger partial charge < -0.3 is 29.9 Å². The molecule has 0 radical (unpaired) electrons. The van der Waals surface area contributed by atoms with Crippen LogP contribution >= 0.6 is 11.6 Å². The molecule has 1 spiro atoms. The molecule has 3 aliphatic carbocycles. The van der Waals surface area contributed by atoms with Crippen LogP contribution in [-0.4, -0.2) is 106 Å². The Balaban J connectivity index is 0.000000158. The maximum atomic E-state index is 13.8. The van der Waals surface area contributed by atoms with Crippen molar-refractivity contribution in [2.75, 3.05) is 46.8 Å². The Kier molecular flexibility index (Phi) is 10.4. The number of amides is 1. The Bertz CT molecular complexity index is 2150. The molecule has 0 unspecified atom stereocenters. The number of hydrogen-bond donors (Lipinski definition) is 3. The number of aromatic hydroxyl groups is 1. The molecule has 4 aromatic rings. The van der Waals surface area contributed by atoms with Gasteiger partial charge in [-0.3, -0.25) is 14.5 Å². The van der Waals surface area contributed by atoms with Crippen LogP contribution in [-0.2, 0) is 32.4 Å². The Morgan fingerprint density at radius 2 is 1.51 bits per heavy atom. The number of likely N-dealkylation sites (tertiary alicyclic amines) is 2. The lowest BCUT2D eigenvalue weighted by atomic mass is 9.49. The zero-order valence-electron chi connectivity index (χ0n) is 34.2. The first kappa shape index (κ1) is 40.2. The van der Waals surface area contributed by atoms with E-state index in [1.807, 2.05) is 80.8 Å². The van der Waals surface area contributed by atoms with E-state index in [9.17, 15) is 24.9 Å². The quantitative estimate of drug-likeness (QED) is 0.173. The molecular formula is C49H56ClN3O6. The van der Waals surface area contributed by atoms with Crippen molar-refractivity contribution in [3.63, 3.8) is 0 Å². The van der Waals surface area contributed by atoms with Gasteiger partial charge >= 0.3 is 0 Å². The lowest BCUT2D eigenvalue weighted by Crippen LogP contribution is -2.76. The lowest BCUT2D eigenvalue weighted by molar-refractivity contribution is -0.188. The van der Waals surface area contributed by atoms with Gasteiger partial charge in [-0.15, -0.1) is 0 Å². The van der Waals surface area contributed by atoms with E-state index in [4.69, 9.17) is 16.3 Å². The average molecular weight is 818 g/mol. The summed E-state index contributed by atoms with van der Waals surface area (Å²) in [5, 5.41) is 34.2. The molecular weight excluding hydrogens is 762 g/mol. The van der Waals surface area contributed by atoms with Crippen LogP contribution < -0.4 is 4.74 Å².